The van der Waals surface area contributed by atoms with E-state index in [9.17, 15) is 19.2 Å². The summed E-state index contributed by atoms with van der Waals surface area (Å²) in [7, 11) is 1.26. The van der Waals surface area contributed by atoms with Crippen LogP contribution in [-0.4, -0.2) is 37.3 Å². The molecular formula is C16H19NO6. The standard InChI is InChI=1S/C16H19NO6/c1-10-4-6-12(16(21)22-3)8-13(10)17-14(19)9-23-15(20)7-5-11(2)18/h4,6,8H,5,7,9H2,1-3H3,(H,17,19). The van der Waals surface area contributed by atoms with E-state index in [2.05, 4.69) is 10.1 Å². The molecule has 124 valence electrons. The molecule has 7 heteroatoms. The molecule has 0 saturated carbocycles. The Balaban J connectivity index is 2.58. The molecule has 1 N–H and O–H groups in total. The van der Waals surface area contributed by atoms with Crippen LogP contribution in [0.4, 0.5) is 5.69 Å². The van der Waals surface area contributed by atoms with E-state index in [1.54, 1.807) is 19.1 Å². The molecule has 0 spiro atoms. The Morgan fingerprint density at radius 2 is 1.83 bits per heavy atom. The quantitative estimate of drug-likeness (QED) is 0.766. The number of methoxy groups -OCH3 is 1. The lowest BCUT2D eigenvalue weighted by molar-refractivity contribution is -0.148. The van der Waals surface area contributed by atoms with Gasteiger partial charge in [-0.25, -0.2) is 4.79 Å². The van der Waals surface area contributed by atoms with E-state index >= 15 is 0 Å². The van der Waals surface area contributed by atoms with Crippen LogP contribution >= 0.6 is 0 Å². The first kappa shape index (κ1) is 18.3. The summed E-state index contributed by atoms with van der Waals surface area (Å²) >= 11 is 0. The van der Waals surface area contributed by atoms with Crippen molar-refractivity contribution in [2.24, 2.45) is 0 Å². The van der Waals surface area contributed by atoms with Crippen molar-refractivity contribution in [1.82, 2.24) is 0 Å². The number of rotatable bonds is 7. The number of amides is 1. The van der Waals surface area contributed by atoms with Gasteiger partial charge in [-0.3, -0.25) is 9.59 Å². The van der Waals surface area contributed by atoms with E-state index in [1.807, 2.05) is 0 Å². The lowest BCUT2D eigenvalue weighted by atomic mass is 10.1. The van der Waals surface area contributed by atoms with Crippen LogP contribution in [0.5, 0.6) is 0 Å². The second-order valence-corrected chi connectivity index (χ2v) is 4.93. The molecule has 0 atom stereocenters. The topological polar surface area (TPSA) is 98.8 Å². The molecule has 0 aromatic heterocycles. The van der Waals surface area contributed by atoms with E-state index in [0.29, 0.717) is 11.3 Å². The number of Topliss-reactive ketones (excluding diaryl/α,β-unsaturated/α-hetero) is 1. The van der Waals surface area contributed by atoms with Crippen LogP contribution in [0.2, 0.25) is 0 Å². The highest BCUT2D eigenvalue weighted by atomic mass is 16.5. The second kappa shape index (κ2) is 8.67. The van der Waals surface area contributed by atoms with Crippen LogP contribution in [0.3, 0.4) is 0 Å². The van der Waals surface area contributed by atoms with Gasteiger partial charge < -0.3 is 19.6 Å². The molecule has 0 bridgehead atoms. The fourth-order valence-corrected chi connectivity index (χ4v) is 1.68. The number of carbonyl (C=O) groups is 4. The molecule has 0 fully saturated rings. The zero-order valence-corrected chi connectivity index (χ0v) is 13.3. The number of hydrogen-bond donors (Lipinski definition) is 1. The van der Waals surface area contributed by atoms with Crippen molar-refractivity contribution >= 4 is 29.3 Å². The minimum absolute atomic E-state index is 0.0561. The third kappa shape index (κ3) is 6.29. The summed E-state index contributed by atoms with van der Waals surface area (Å²) < 4.78 is 9.38. The highest BCUT2D eigenvalue weighted by Gasteiger charge is 2.12. The maximum absolute atomic E-state index is 11.8. The predicted molar refractivity (Wildman–Crippen MR) is 82.0 cm³/mol. The lowest BCUT2D eigenvalue weighted by Gasteiger charge is -2.10. The summed E-state index contributed by atoms with van der Waals surface area (Å²) in [4.78, 5) is 45.3. The Morgan fingerprint density at radius 3 is 2.43 bits per heavy atom. The van der Waals surface area contributed by atoms with Gasteiger partial charge in [-0.1, -0.05) is 6.07 Å². The molecule has 0 aliphatic heterocycles. The Labute approximate surface area is 134 Å². The maximum atomic E-state index is 11.8. The van der Waals surface area contributed by atoms with Crippen molar-refractivity contribution in [2.45, 2.75) is 26.7 Å². The van der Waals surface area contributed by atoms with Gasteiger partial charge in [0.1, 0.15) is 5.78 Å². The summed E-state index contributed by atoms with van der Waals surface area (Å²) in [5.74, 6) is -1.79. The molecule has 0 saturated heterocycles. The number of ketones is 1. The molecule has 1 amide bonds. The summed E-state index contributed by atoms with van der Waals surface area (Å²) in [6.07, 6.45) is 0.0280. The second-order valence-electron chi connectivity index (χ2n) is 4.93. The monoisotopic (exact) mass is 321 g/mol. The normalized spacial score (nSPS) is 9.87. The number of anilines is 1. The largest absolute Gasteiger partial charge is 0.465 e. The zero-order valence-electron chi connectivity index (χ0n) is 13.3. The smallest absolute Gasteiger partial charge is 0.337 e. The van der Waals surface area contributed by atoms with Crippen molar-refractivity contribution in [3.05, 3.63) is 29.3 Å². The van der Waals surface area contributed by atoms with E-state index in [-0.39, 0.29) is 18.6 Å². The van der Waals surface area contributed by atoms with Gasteiger partial charge in [0.05, 0.1) is 19.1 Å². The van der Waals surface area contributed by atoms with Crippen molar-refractivity contribution in [3.8, 4) is 0 Å². The molecule has 7 nitrogen and oxygen atoms in total. The lowest BCUT2D eigenvalue weighted by Crippen LogP contribution is -2.21. The average molecular weight is 321 g/mol. The van der Waals surface area contributed by atoms with E-state index in [1.165, 1.54) is 20.1 Å². The summed E-state index contributed by atoms with van der Waals surface area (Å²) in [6.45, 7) is 2.67. The van der Waals surface area contributed by atoms with Crippen LogP contribution in [0.25, 0.3) is 0 Å². The van der Waals surface area contributed by atoms with Crippen molar-refractivity contribution in [1.29, 1.82) is 0 Å². The van der Waals surface area contributed by atoms with E-state index in [0.717, 1.165) is 5.56 Å². The molecule has 0 aliphatic rings. The number of nitrogens with one attached hydrogen (secondary N) is 1. The Morgan fingerprint density at radius 1 is 1.13 bits per heavy atom. The van der Waals surface area contributed by atoms with E-state index < -0.39 is 24.5 Å². The molecule has 1 aromatic rings. The molecule has 0 unspecified atom stereocenters. The summed E-state index contributed by atoms with van der Waals surface area (Å²) in [6, 6.07) is 4.73. The van der Waals surface area contributed by atoms with Gasteiger partial charge in [-0.2, -0.15) is 0 Å². The number of carbonyl (C=O) groups excluding carboxylic acids is 4. The summed E-state index contributed by atoms with van der Waals surface area (Å²) in [5, 5.41) is 2.56. The molecule has 0 aliphatic carbocycles. The van der Waals surface area contributed by atoms with Crippen LogP contribution in [0, 0.1) is 6.92 Å². The first-order chi connectivity index (χ1) is 10.8. The molecule has 1 aromatic carbocycles. The third-order valence-corrected chi connectivity index (χ3v) is 2.98. The zero-order chi connectivity index (χ0) is 17.4. The van der Waals surface area contributed by atoms with Crippen LogP contribution in [0.15, 0.2) is 18.2 Å². The molecular weight excluding hydrogens is 302 g/mol. The number of aryl methyl sites for hydroxylation is 1. The first-order valence-electron chi connectivity index (χ1n) is 6.97. The SMILES string of the molecule is COC(=O)c1ccc(C)c(NC(=O)COC(=O)CCC(C)=O)c1. The van der Waals surface area contributed by atoms with Gasteiger partial charge in [0.2, 0.25) is 0 Å². The fraction of sp³-hybridized carbons (Fsp3) is 0.375. The van der Waals surface area contributed by atoms with Gasteiger partial charge in [-0.15, -0.1) is 0 Å². The highest BCUT2D eigenvalue weighted by Crippen LogP contribution is 2.17. The third-order valence-electron chi connectivity index (χ3n) is 2.98. The molecule has 0 radical (unpaired) electrons. The Hall–Kier alpha value is -2.70. The number of ether oxygens (including phenoxy) is 2. The van der Waals surface area contributed by atoms with Gasteiger partial charge in [0.15, 0.2) is 6.61 Å². The number of esters is 2. The number of benzene rings is 1. The first-order valence-corrected chi connectivity index (χ1v) is 6.97. The molecule has 23 heavy (non-hydrogen) atoms. The fourth-order valence-electron chi connectivity index (χ4n) is 1.68. The van der Waals surface area contributed by atoms with E-state index in [4.69, 9.17) is 4.74 Å². The van der Waals surface area contributed by atoms with Gasteiger partial charge >= 0.3 is 11.9 Å². The highest BCUT2D eigenvalue weighted by molar-refractivity contribution is 5.96. The summed E-state index contributed by atoms with van der Waals surface area (Å²) in [5.41, 5.74) is 1.47. The van der Waals surface area contributed by atoms with Gasteiger partial charge in [0, 0.05) is 12.1 Å². The molecule has 0 heterocycles. The Bertz CT molecular complexity index is 623. The molecule has 1 rings (SSSR count). The minimum Gasteiger partial charge on any atom is -0.465 e. The maximum Gasteiger partial charge on any atom is 0.337 e. The predicted octanol–water partition coefficient (Wildman–Crippen LogP) is 1.63. The van der Waals surface area contributed by atoms with Crippen LogP contribution < -0.4 is 5.32 Å². The van der Waals surface area contributed by atoms with Crippen molar-refractivity contribution in [3.63, 3.8) is 0 Å². The van der Waals surface area contributed by atoms with Crippen LogP contribution in [-0.2, 0) is 23.9 Å². The van der Waals surface area contributed by atoms with Crippen molar-refractivity contribution in [2.75, 3.05) is 19.0 Å². The van der Waals surface area contributed by atoms with Gasteiger partial charge in [-0.05, 0) is 31.5 Å². The van der Waals surface area contributed by atoms with Crippen molar-refractivity contribution < 1.29 is 28.7 Å². The van der Waals surface area contributed by atoms with Crippen LogP contribution in [0.1, 0.15) is 35.7 Å². The number of hydrogen-bond acceptors (Lipinski definition) is 6. The Kier molecular flexibility index (Phi) is 6.92. The van der Waals surface area contributed by atoms with Gasteiger partial charge in [0.25, 0.3) is 5.91 Å². The minimum atomic E-state index is -0.615. The average Bonchev–Trinajstić information content (AvgIpc) is 2.52.